The van der Waals surface area contributed by atoms with E-state index in [1.54, 1.807) is 19.1 Å². The zero-order valence-electron chi connectivity index (χ0n) is 35.0. The number of ether oxygens (including phenoxy) is 1. The largest absolute Gasteiger partial charge is 0.496 e. The first-order valence-corrected chi connectivity index (χ1v) is 20.3. The lowest BCUT2D eigenvalue weighted by molar-refractivity contribution is -0.183. The van der Waals surface area contributed by atoms with Crippen molar-refractivity contribution in [3.8, 4) is 16.9 Å². The molecule has 2 bridgehead atoms. The van der Waals surface area contributed by atoms with Crippen LogP contribution in [0.3, 0.4) is 0 Å². The van der Waals surface area contributed by atoms with Crippen molar-refractivity contribution < 1.29 is 34.5 Å². The van der Waals surface area contributed by atoms with Crippen molar-refractivity contribution >= 4 is 17.5 Å². The first-order valence-electron chi connectivity index (χ1n) is 20.3. The molecule has 1 unspecified atom stereocenters. The Morgan fingerprint density at radius 3 is 2.33 bits per heavy atom. The average molecular weight is 786 g/mol. The molecule has 1 aliphatic heterocycles. The fourth-order valence-electron chi connectivity index (χ4n) is 9.74. The quantitative estimate of drug-likeness (QED) is 0.150. The molecule has 0 spiro atoms. The van der Waals surface area contributed by atoms with Gasteiger partial charge in [-0.05, 0) is 86.4 Å². The second kappa shape index (κ2) is 17.4. The summed E-state index contributed by atoms with van der Waals surface area (Å²) in [6, 6.07) is 19.2. The van der Waals surface area contributed by atoms with Gasteiger partial charge >= 0.3 is 0 Å². The molecule has 4 fully saturated rings. The van der Waals surface area contributed by atoms with Crippen molar-refractivity contribution in [2.24, 2.45) is 29.1 Å². The minimum absolute atomic E-state index is 0.0203. The summed E-state index contributed by atoms with van der Waals surface area (Å²) in [7, 11) is 9.21. The molecular formula is C45H63N5O7. The number of hydroxylamine groups is 2. The minimum atomic E-state index is -0.924. The third kappa shape index (κ3) is 8.72. The normalized spacial score (nSPS) is 26.9. The summed E-state index contributed by atoms with van der Waals surface area (Å²) >= 11 is 0. The van der Waals surface area contributed by atoms with Gasteiger partial charge in [-0.3, -0.25) is 14.4 Å². The molecule has 1 heterocycles. The van der Waals surface area contributed by atoms with Gasteiger partial charge in [-0.1, -0.05) is 69.3 Å². The Labute approximate surface area is 338 Å². The number of hydrogen-bond acceptors (Lipinski definition) is 10. The predicted octanol–water partition coefficient (Wildman–Crippen LogP) is 4.48. The third-order valence-electron chi connectivity index (χ3n) is 13.1. The highest BCUT2D eigenvalue weighted by Crippen LogP contribution is 2.61. The summed E-state index contributed by atoms with van der Waals surface area (Å²) in [6.45, 7) is 8.72. The van der Waals surface area contributed by atoms with Crippen molar-refractivity contribution in [3.05, 3.63) is 83.4 Å². The summed E-state index contributed by atoms with van der Waals surface area (Å²) < 4.78 is 6.09. The van der Waals surface area contributed by atoms with Crippen LogP contribution < -0.4 is 20.3 Å². The van der Waals surface area contributed by atoms with Crippen LogP contribution in [0.1, 0.15) is 68.1 Å². The molecule has 57 heavy (non-hydrogen) atoms. The highest BCUT2D eigenvalue weighted by atomic mass is 16.7. The summed E-state index contributed by atoms with van der Waals surface area (Å²) in [5.41, 5.74) is 4.37. The molecule has 310 valence electrons. The fourth-order valence-corrected chi connectivity index (χ4v) is 9.74. The van der Waals surface area contributed by atoms with E-state index >= 15 is 0 Å². The van der Waals surface area contributed by atoms with Crippen LogP contribution in [-0.2, 0) is 16.2 Å². The van der Waals surface area contributed by atoms with Gasteiger partial charge in [0.1, 0.15) is 24.0 Å². The van der Waals surface area contributed by atoms with Gasteiger partial charge in [0, 0.05) is 55.0 Å². The van der Waals surface area contributed by atoms with Crippen LogP contribution in [0.4, 0.5) is 5.69 Å². The smallest absolute Gasteiger partial charge is 0.251 e. The molecule has 0 aromatic heterocycles. The van der Waals surface area contributed by atoms with Gasteiger partial charge in [0.2, 0.25) is 5.91 Å². The van der Waals surface area contributed by atoms with Gasteiger partial charge < -0.3 is 40.5 Å². The number of amides is 2. The van der Waals surface area contributed by atoms with Crippen LogP contribution in [0.2, 0.25) is 0 Å². The van der Waals surface area contributed by atoms with Crippen molar-refractivity contribution in [2.75, 3.05) is 53.4 Å². The topological polar surface area (TPSA) is 147 Å². The number of aliphatic hydroxyl groups is 3. The van der Waals surface area contributed by atoms with Crippen LogP contribution in [-0.4, -0.2) is 116 Å². The van der Waals surface area contributed by atoms with Gasteiger partial charge in [-0.25, -0.2) is 0 Å². The number of rotatable bonds is 15. The zero-order chi connectivity index (χ0) is 41.3. The molecule has 12 nitrogen and oxygen atoms in total. The van der Waals surface area contributed by atoms with E-state index in [0.29, 0.717) is 41.2 Å². The molecule has 3 aromatic rings. The maximum atomic E-state index is 14.3. The molecule has 12 heteroatoms. The Morgan fingerprint density at radius 1 is 1.02 bits per heavy atom. The molecule has 10 atom stereocenters. The van der Waals surface area contributed by atoms with Gasteiger partial charge in [-0.15, -0.1) is 0 Å². The standard InChI is InChI=1S/C45H63N5O7/c1-26-35-21-32(45(35,3)4)22-36(26)46-44(55)40-39(27(2)52)38(25-51)57-50(40)23-29-16-13-17-34(42(29)56-9)30-18-31(20-33(19-30)49(7)8)43(54)47-37(24-48(5)6)41(53)28-14-11-10-12-15-28/h10-20,26-27,32,35-41,51-53H,21-25H2,1-9H3,(H,46,55)(H,47,54)/t26-,27-,32+,35-,36-,37-,38-,39+,40-,41?/m0/s1. The van der Waals surface area contributed by atoms with E-state index in [1.165, 1.54) is 6.42 Å². The minimum Gasteiger partial charge on any atom is -0.496 e. The lowest BCUT2D eigenvalue weighted by Gasteiger charge is -2.62. The van der Waals surface area contributed by atoms with Crippen molar-refractivity contribution in [3.63, 3.8) is 0 Å². The summed E-state index contributed by atoms with van der Waals surface area (Å²) in [5.74, 6) is 0.742. The summed E-state index contributed by atoms with van der Waals surface area (Å²) in [5, 5.41) is 40.7. The van der Waals surface area contributed by atoms with Crippen LogP contribution in [0.5, 0.6) is 5.75 Å². The maximum Gasteiger partial charge on any atom is 0.251 e. The number of aliphatic hydroxyl groups excluding tert-OH is 3. The molecule has 5 N–H and O–H groups in total. The van der Waals surface area contributed by atoms with E-state index in [1.807, 2.05) is 105 Å². The SMILES string of the molecule is COc1c(CN2O[C@@H](CO)[C@@H]([C@H](C)O)[C@H]2C(=O)N[C@H]2C[C@H]3C[C@@H]([C@@H]2C)C3(C)C)cccc1-c1cc(C(=O)N[C@@H](CN(C)C)C(O)c2ccccc2)cc(N(C)C)c1. The molecule has 0 radical (unpaired) electrons. The molecule has 3 saturated carbocycles. The first-order chi connectivity index (χ1) is 27.0. The van der Waals surface area contributed by atoms with E-state index in [9.17, 15) is 24.9 Å². The van der Waals surface area contributed by atoms with Crippen molar-refractivity contribution in [1.82, 2.24) is 20.6 Å². The van der Waals surface area contributed by atoms with Crippen molar-refractivity contribution in [1.29, 1.82) is 0 Å². The Kier molecular flexibility index (Phi) is 13.0. The molecule has 1 saturated heterocycles. The van der Waals surface area contributed by atoms with Crippen LogP contribution in [0, 0.1) is 29.1 Å². The van der Waals surface area contributed by atoms with Crippen LogP contribution in [0.25, 0.3) is 11.1 Å². The van der Waals surface area contributed by atoms with E-state index in [2.05, 4.69) is 31.4 Å². The van der Waals surface area contributed by atoms with Gasteiger partial charge in [0.05, 0.1) is 32.4 Å². The zero-order valence-corrected chi connectivity index (χ0v) is 35.0. The molecule has 3 aliphatic carbocycles. The number of nitrogens with zero attached hydrogens (tertiary/aromatic N) is 3. The average Bonchev–Trinajstić information content (AvgIpc) is 3.56. The van der Waals surface area contributed by atoms with Crippen molar-refractivity contribution in [2.45, 2.75) is 83.5 Å². The van der Waals surface area contributed by atoms with E-state index in [0.717, 1.165) is 28.8 Å². The highest BCUT2D eigenvalue weighted by molar-refractivity contribution is 5.97. The summed E-state index contributed by atoms with van der Waals surface area (Å²) in [6.07, 6.45) is -0.515. The first kappa shape index (κ1) is 42.6. The number of para-hydroxylation sites is 1. The predicted molar refractivity (Wildman–Crippen MR) is 222 cm³/mol. The lowest BCUT2D eigenvalue weighted by Crippen LogP contribution is -2.62. The third-order valence-corrected chi connectivity index (χ3v) is 13.1. The Balaban J connectivity index is 1.29. The number of fused-ring (bicyclic) bond motifs is 2. The number of benzene rings is 3. The molecular weight excluding hydrogens is 723 g/mol. The van der Waals surface area contributed by atoms with Gasteiger partial charge in [0.15, 0.2) is 0 Å². The Morgan fingerprint density at radius 2 is 1.74 bits per heavy atom. The number of carbonyl (C=O) groups is 2. The number of methoxy groups -OCH3 is 1. The van der Waals surface area contributed by atoms with E-state index in [4.69, 9.17) is 9.57 Å². The number of anilines is 1. The number of hydrogen-bond donors (Lipinski definition) is 5. The monoisotopic (exact) mass is 785 g/mol. The van der Waals surface area contributed by atoms with Crippen LogP contribution in [0.15, 0.2) is 66.7 Å². The van der Waals surface area contributed by atoms with E-state index in [-0.39, 0.29) is 36.4 Å². The second-order valence-electron chi connectivity index (χ2n) is 17.6. The van der Waals surface area contributed by atoms with Crippen LogP contribution >= 0.6 is 0 Å². The maximum absolute atomic E-state index is 14.3. The van der Waals surface area contributed by atoms with Gasteiger partial charge in [-0.2, -0.15) is 5.06 Å². The lowest BCUT2D eigenvalue weighted by atomic mass is 9.45. The molecule has 4 aliphatic rings. The number of carbonyl (C=O) groups excluding carboxylic acids is 2. The molecule has 3 aromatic carbocycles. The fraction of sp³-hybridized carbons (Fsp3) is 0.556. The Hall–Kier alpha value is -4.04. The Bertz CT molecular complexity index is 1870. The number of likely N-dealkylation sites (N-methyl/N-ethyl adjacent to an activating group) is 1. The number of nitrogens with one attached hydrogen (secondary N) is 2. The second-order valence-corrected chi connectivity index (χ2v) is 17.6. The van der Waals surface area contributed by atoms with Gasteiger partial charge in [0.25, 0.3) is 5.91 Å². The molecule has 7 rings (SSSR count). The summed E-state index contributed by atoms with van der Waals surface area (Å²) in [4.78, 5) is 38.5. The molecule has 2 amide bonds. The highest BCUT2D eigenvalue weighted by Gasteiger charge is 2.57. The van der Waals surface area contributed by atoms with E-state index < -0.39 is 36.3 Å².